The summed E-state index contributed by atoms with van der Waals surface area (Å²) in [6.07, 6.45) is 7.12. The molecule has 0 aromatic carbocycles. The molecule has 4 nitrogen and oxygen atoms in total. The fourth-order valence-corrected chi connectivity index (χ4v) is 1.39. The molecule has 1 heterocycles. The molecule has 0 amide bonds. The van der Waals surface area contributed by atoms with Gasteiger partial charge in [0, 0.05) is 31.6 Å². The van der Waals surface area contributed by atoms with Crippen molar-refractivity contribution in [2.24, 2.45) is 5.73 Å². The molecule has 1 aromatic heterocycles. The Morgan fingerprint density at radius 1 is 1.67 bits per heavy atom. The van der Waals surface area contributed by atoms with E-state index in [0.717, 1.165) is 31.5 Å². The molecule has 0 bridgehead atoms. The Kier molecular flexibility index (Phi) is 4.85. The third kappa shape index (κ3) is 4.13. The number of imidazole rings is 1. The van der Waals surface area contributed by atoms with E-state index in [0.29, 0.717) is 6.42 Å². The first-order chi connectivity index (χ1) is 7.26. The van der Waals surface area contributed by atoms with Gasteiger partial charge in [-0.3, -0.25) is 0 Å². The van der Waals surface area contributed by atoms with Crippen LogP contribution in [0.15, 0.2) is 12.5 Å². The standard InChI is InChI=1S/C11H18N4/c1-2-10(13)7-11-8-15(9-14-11)6-4-3-5-12/h8-10H,2-4,6-7,13H2,1H3. The molecule has 0 fully saturated rings. The topological polar surface area (TPSA) is 67.6 Å². The van der Waals surface area contributed by atoms with Gasteiger partial charge in [0.2, 0.25) is 0 Å². The van der Waals surface area contributed by atoms with E-state index >= 15 is 0 Å². The second-order valence-corrected chi connectivity index (χ2v) is 3.74. The van der Waals surface area contributed by atoms with E-state index in [1.807, 2.05) is 17.1 Å². The Hall–Kier alpha value is -1.34. The van der Waals surface area contributed by atoms with E-state index < -0.39 is 0 Å². The fourth-order valence-electron chi connectivity index (χ4n) is 1.39. The molecule has 1 rings (SSSR count). The average molecular weight is 206 g/mol. The molecule has 0 aliphatic rings. The van der Waals surface area contributed by atoms with Crippen molar-refractivity contribution in [3.8, 4) is 6.07 Å². The zero-order chi connectivity index (χ0) is 11.1. The largest absolute Gasteiger partial charge is 0.337 e. The van der Waals surface area contributed by atoms with Crippen LogP contribution >= 0.6 is 0 Å². The number of unbranched alkanes of at least 4 members (excludes halogenated alkanes) is 1. The first kappa shape index (κ1) is 11.7. The van der Waals surface area contributed by atoms with Crippen molar-refractivity contribution in [1.82, 2.24) is 9.55 Å². The van der Waals surface area contributed by atoms with Crippen LogP contribution in [0.1, 0.15) is 31.9 Å². The third-order valence-corrected chi connectivity index (χ3v) is 2.39. The van der Waals surface area contributed by atoms with Crippen molar-refractivity contribution in [2.45, 2.75) is 45.2 Å². The Bertz CT molecular complexity index is 324. The smallest absolute Gasteiger partial charge is 0.0949 e. The van der Waals surface area contributed by atoms with Crippen LogP contribution in [0.25, 0.3) is 0 Å². The van der Waals surface area contributed by atoms with Gasteiger partial charge in [-0.2, -0.15) is 5.26 Å². The number of nitrogens with zero attached hydrogens (tertiary/aromatic N) is 3. The molecule has 1 aromatic rings. The number of hydrogen-bond donors (Lipinski definition) is 1. The third-order valence-electron chi connectivity index (χ3n) is 2.39. The van der Waals surface area contributed by atoms with Crippen molar-refractivity contribution in [1.29, 1.82) is 5.26 Å². The highest BCUT2D eigenvalue weighted by Gasteiger charge is 2.04. The van der Waals surface area contributed by atoms with Gasteiger partial charge in [0.05, 0.1) is 18.1 Å². The number of rotatable bonds is 6. The Balaban J connectivity index is 2.39. The predicted molar refractivity (Wildman–Crippen MR) is 59.0 cm³/mol. The monoisotopic (exact) mass is 206 g/mol. The number of nitrogens with two attached hydrogens (primary N) is 1. The van der Waals surface area contributed by atoms with Gasteiger partial charge in [-0.1, -0.05) is 6.92 Å². The van der Waals surface area contributed by atoms with Crippen molar-refractivity contribution >= 4 is 0 Å². The molecule has 82 valence electrons. The summed E-state index contributed by atoms with van der Waals surface area (Å²) in [5.41, 5.74) is 6.89. The minimum atomic E-state index is 0.201. The van der Waals surface area contributed by atoms with Gasteiger partial charge in [0.1, 0.15) is 0 Å². The molecule has 4 heteroatoms. The predicted octanol–water partition coefficient (Wildman–Crippen LogP) is 1.47. The summed E-state index contributed by atoms with van der Waals surface area (Å²) in [6.45, 7) is 2.94. The lowest BCUT2D eigenvalue weighted by Gasteiger charge is -2.04. The molecule has 1 atom stereocenters. The lowest BCUT2D eigenvalue weighted by Crippen LogP contribution is -2.21. The summed E-state index contributed by atoms with van der Waals surface area (Å²) in [7, 11) is 0. The summed E-state index contributed by atoms with van der Waals surface area (Å²) < 4.78 is 2.02. The van der Waals surface area contributed by atoms with E-state index in [4.69, 9.17) is 11.0 Å². The number of nitriles is 1. The fraction of sp³-hybridized carbons (Fsp3) is 0.636. The van der Waals surface area contributed by atoms with Gasteiger partial charge >= 0.3 is 0 Å². The lowest BCUT2D eigenvalue weighted by molar-refractivity contribution is 0.633. The van der Waals surface area contributed by atoms with Gasteiger partial charge < -0.3 is 10.3 Å². The highest BCUT2D eigenvalue weighted by Crippen LogP contribution is 2.03. The first-order valence-corrected chi connectivity index (χ1v) is 5.39. The minimum absolute atomic E-state index is 0.201. The number of hydrogen-bond acceptors (Lipinski definition) is 3. The van der Waals surface area contributed by atoms with Gasteiger partial charge in [-0.25, -0.2) is 4.98 Å². The van der Waals surface area contributed by atoms with Crippen LogP contribution in [-0.4, -0.2) is 15.6 Å². The SMILES string of the molecule is CCC(N)Cc1cn(CCCC#N)cn1. The lowest BCUT2D eigenvalue weighted by atomic mass is 10.1. The van der Waals surface area contributed by atoms with Crippen molar-refractivity contribution in [3.05, 3.63) is 18.2 Å². The average Bonchev–Trinajstić information content (AvgIpc) is 2.66. The number of aryl methyl sites for hydroxylation is 1. The molecule has 15 heavy (non-hydrogen) atoms. The maximum atomic E-state index is 8.41. The molecule has 1 unspecified atom stereocenters. The van der Waals surface area contributed by atoms with Crippen LogP contribution in [0, 0.1) is 11.3 Å². The normalized spacial score (nSPS) is 12.3. The summed E-state index contributed by atoms with van der Waals surface area (Å²) in [5.74, 6) is 0. The first-order valence-electron chi connectivity index (χ1n) is 5.39. The highest BCUT2D eigenvalue weighted by molar-refractivity contribution is 4.99. The van der Waals surface area contributed by atoms with E-state index in [1.54, 1.807) is 0 Å². The van der Waals surface area contributed by atoms with Crippen LogP contribution in [0.5, 0.6) is 0 Å². The Morgan fingerprint density at radius 2 is 2.47 bits per heavy atom. The van der Waals surface area contributed by atoms with Crippen LogP contribution in [0.2, 0.25) is 0 Å². The molecule has 0 saturated carbocycles. The van der Waals surface area contributed by atoms with E-state index in [1.165, 1.54) is 0 Å². The summed E-state index contributed by atoms with van der Waals surface area (Å²) in [6, 6.07) is 2.33. The molecule has 0 aliphatic heterocycles. The van der Waals surface area contributed by atoms with Gasteiger partial charge in [-0.15, -0.1) is 0 Å². The van der Waals surface area contributed by atoms with E-state index in [9.17, 15) is 0 Å². The van der Waals surface area contributed by atoms with Gasteiger partial charge in [-0.05, 0) is 12.8 Å². The van der Waals surface area contributed by atoms with Crippen LogP contribution in [-0.2, 0) is 13.0 Å². The quantitative estimate of drug-likeness (QED) is 0.716. The minimum Gasteiger partial charge on any atom is -0.337 e. The Morgan fingerprint density at radius 3 is 3.13 bits per heavy atom. The van der Waals surface area contributed by atoms with E-state index in [-0.39, 0.29) is 6.04 Å². The molecule has 2 N–H and O–H groups in total. The second-order valence-electron chi connectivity index (χ2n) is 3.74. The zero-order valence-electron chi connectivity index (χ0n) is 9.19. The maximum absolute atomic E-state index is 8.41. The molecule has 0 radical (unpaired) electrons. The van der Waals surface area contributed by atoms with Crippen LogP contribution in [0.3, 0.4) is 0 Å². The Labute approximate surface area is 90.7 Å². The van der Waals surface area contributed by atoms with Crippen LogP contribution in [0.4, 0.5) is 0 Å². The molecule has 0 aliphatic carbocycles. The van der Waals surface area contributed by atoms with E-state index in [2.05, 4.69) is 18.0 Å². The maximum Gasteiger partial charge on any atom is 0.0949 e. The van der Waals surface area contributed by atoms with Crippen molar-refractivity contribution in [2.75, 3.05) is 0 Å². The molecule has 0 spiro atoms. The molecular formula is C11H18N4. The summed E-state index contributed by atoms with van der Waals surface area (Å²) in [5, 5.41) is 8.41. The van der Waals surface area contributed by atoms with Crippen molar-refractivity contribution in [3.63, 3.8) is 0 Å². The van der Waals surface area contributed by atoms with Gasteiger partial charge in [0.25, 0.3) is 0 Å². The summed E-state index contributed by atoms with van der Waals surface area (Å²) >= 11 is 0. The van der Waals surface area contributed by atoms with Gasteiger partial charge in [0.15, 0.2) is 0 Å². The highest BCUT2D eigenvalue weighted by atomic mass is 15.0. The second kappa shape index (κ2) is 6.20. The molecular weight excluding hydrogens is 188 g/mol. The molecule has 0 saturated heterocycles. The van der Waals surface area contributed by atoms with Crippen molar-refractivity contribution < 1.29 is 0 Å². The zero-order valence-corrected chi connectivity index (χ0v) is 9.19. The summed E-state index contributed by atoms with van der Waals surface area (Å²) in [4.78, 5) is 4.28. The number of aromatic nitrogens is 2. The van der Waals surface area contributed by atoms with Crippen LogP contribution < -0.4 is 5.73 Å².